The van der Waals surface area contributed by atoms with Crippen molar-refractivity contribution in [1.29, 1.82) is 0 Å². The van der Waals surface area contributed by atoms with E-state index in [-0.39, 0.29) is 42.7 Å². The second kappa shape index (κ2) is 22.2. The number of carbonyl (C=O) groups excluding carboxylic acids is 5. The molecule has 0 spiro atoms. The number of aliphatic hydroxyl groups excluding tert-OH is 1. The van der Waals surface area contributed by atoms with Crippen LogP contribution in [-0.4, -0.2) is 114 Å². The molecule has 6 atom stereocenters. The van der Waals surface area contributed by atoms with Crippen molar-refractivity contribution in [1.82, 2.24) is 31.1 Å². The highest BCUT2D eigenvalue weighted by atomic mass is 16.3. The van der Waals surface area contributed by atoms with Gasteiger partial charge in [-0.1, -0.05) is 73.1 Å². The van der Waals surface area contributed by atoms with E-state index < -0.39 is 54.0 Å². The van der Waals surface area contributed by atoms with Crippen molar-refractivity contribution in [2.45, 2.75) is 155 Å². The lowest BCUT2D eigenvalue weighted by atomic mass is 9.83. The molecule has 2 fully saturated rings. The summed E-state index contributed by atoms with van der Waals surface area (Å²) in [6.07, 6.45) is 8.80. The van der Waals surface area contributed by atoms with E-state index >= 15 is 0 Å². The van der Waals surface area contributed by atoms with Gasteiger partial charge in [0.05, 0.1) is 12.1 Å². The number of amides is 5. The fraction of sp³-hybridized carbons (Fsp3) is 0.865. The molecule has 1 saturated carbocycles. The number of carbonyl (C=O) groups is 5. The zero-order chi connectivity index (χ0) is 37.4. The number of hydrogen-bond acceptors (Lipinski definition) is 8. The average molecular weight is 708 g/mol. The molecule has 1 saturated heterocycles. The lowest BCUT2D eigenvalue weighted by Gasteiger charge is -2.38. The van der Waals surface area contributed by atoms with E-state index in [1.54, 1.807) is 11.9 Å². The first-order valence-electron chi connectivity index (χ1n) is 19.3. The SMILES string of the molecule is CCCCCCN1CCNC(=O)[C@H]([C@H](C)O)NC(=O)[C@H](CN)NC(=O)[C@H](C2CCCCC2)NC(=O)[C@H](CCC(C)C)N(C)C(=O)[C@@H]1CC(C)C. The van der Waals surface area contributed by atoms with Gasteiger partial charge in [0.25, 0.3) is 0 Å². The maximum absolute atomic E-state index is 14.6. The minimum absolute atomic E-state index is 0.158. The number of nitrogens with two attached hydrogens (primary N) is 1. The summed E-state index contributed by atoms with van der Waals surface area (Å²) in [5, 5.41) is 21.7. The normalized spacial score (nSPS) is 27.0. The van der Waals surface area contributed by atoms with E-state index in [0.29, 0.717) is 32.4 Å². The van der Waals surface area contributed by atoms with Gasteiger partial charge in [0.15, 0.2) is 0 Å². The molecular formula is C37H69N7O6. The number of likely N-dealkylation sites (N-methyl/N-ethyl adjacent to an activating group) is 1. The van der Waals surface area contributed by atoms with Gasteiger partial charge in [0.2, 0.25) is 29.5 Å². The summed E-state index contributed by atoms with van der Waals surface area (Å²) in [6, 6.07) is -4.78. The summed E-state index contributed by atoms with van der Waals surface area (Å²) in [6.45, 7) is 12.8. The van der Waals surface area contributed by atoms with Gasteiger partial charge in [-0.3, -0.25) is 28.9 Å². The molecule has 1 aliphatic carbocycles. The molecule has 2 aliphatic rings. The summed E-state index contributed by atoms with van der Waals surface area (Å²) < 4.78 is 0. The number of aliphatic hydroxyl groups is 1. The van der Waals surface area contributed by atoms with Crippen LogP contribution in [0.1, 0.15) is 119 Å². The summed E-state index contributed by atoms with van der Waals surface area (Å²) in [7, 11) is 1.69. The summed E-state index contributed by atoms with van der Waals surface area (Å²) in [4.78, 5) is 73.3. The molecular weight excluding hydrogens is 638 g/mol. The third kappa shape index (κ3) is 13.7. The first-order valence-corrected chi connectivity index (χ1v) is 19.3. The largest absolute Gasteiger partial charge is 0.391 e. The molecule has 0 aromatic heterocycles. The average Bonchev–Trinajstić information content (AvgIpc) is 3.07. The van der Waals surface area contributed by atoms with Crippen molar-refractivity contribution in [3.8, 4) is 0 Å². The van der Waals surface area contributed by atoms with Gasteiger partial charge >= 0.3 is 0 Å². The first kappa shape index (κ1) is 43.4. The van der Waals surface area contributed by atoms with Crippen LogP contribution in [0.5, 0.6) is 0 Å². The van der Waals surface area contributed by atoms with E-state index in [9.17, 15) is 29.1 Å². The molecule has 1 aliphatic heterocycles. The van der Waals surface area contributed by atoms with Gasteiger partial charge in [-0.25, -0.2) is 0 Å². The molecule has 0 bridgehead atoms. The predicted molar refractivity (Wildman–Crippen MR) is 196 cm³/mol. The van der Waals surface area contributed by atoms with Gasteiger partial charge in [0.1, 0.15) is 24.2 Å². The van der Waals surface area contributed by atoms with Crippen molar-refractivity contribution in [3.05, 3.63) is 0 Å². The third-order valence-electron chi connectivity index (χ3n) is 10.2. The molecule has 2 rings (SSSR count). The maximum atomic E-state index is 14.6. The number of unbranched alkanes of at least 4 members (excludes halogenated alkanes) is 3. The molecule has 1 heterocycles. The topological polar surface area (TPSA) is 186 Å². The minimum atomic E-state index is -1.29. The lowest BCUT2D eigenvalue weighted by molar-refractivity contribution is -0.145. The van der Waals surface area contributed by atoms with Crippen molar-refractivity contribution >= 4 is 29.5 Å². The Hall–Kier alpha value is -2.77. The molecule has 0 aromatic carbocycles. The van der Waals surface area contributed by atoms with Gasteiger partial charge in [-0.05, 0) is 69.7 Å². The van der Waals surface area contributed by atoms with Crippen LogP contribution >= 0.6 is 0 Å². The zero-order valence-electron chi connectivity index (χ0n) is 32.0. The molecule has 7 N–H and O–H groups in total. The number of nitrogens with zero attached hydrogens (tertiary/aromatic N) is 2. The summed E-state index contributed by atoms with van der Waals surface area (Å²) in [5.41, 5.74) is 5.95. The van der Waals surface area contributed by atoms with Crippen LogP contribution < -0.4 is 27.0 Å². The number of nitrogens with one attached hydrogen (secondary N) is 4. The van der Waals surface area contributed by atoms with Gasteiger partial charge in [-0.2, -0.15) is 0 Å². The van der Waals surface area contributed by atoms with E-state index in [1.165, 1.54) is 6.92 Å². The Morgan fingerprint density at radius 2 is 1.50 bits per heavy atom. The summed E-state index contributed by atoms with van der Waals surface area (Å²) in [5.74, 6) is -2.06. The standard InChI is InChI=1S/C37H69N7O6/c1-8-9-10-14-20-44-21-19-39-35(48)31(26(6)45)41-33(46)28(23-38)40-36(49)32(27-15-12-11-13-16-27)42-34(47)29(18-17-24(2)3)43(7)37(50)30(44)22-25(4)5/h24-32,45H,8-23,38H2,1-7H3,(H,39,48)(H,40,49)(H,41,46)(H,42,47)/t26-,28-,29-,30-,31-,32-/m0/s1. The molecule has 50 heavy (non-hydrogen) atoms. The molecule has 288 valence electrons. The Kier molecular flexibility index (Phi) is 19.3. The van der Waals surface area contributed by atoms with Crippen molar-refractivity contribution in [2.75, 3.05) is 33.2 Å². The molecule has 5 amide bonds. The molecule has 13 heteroatoms. The van der Waals surface area contributed by atoms with E-state index in [0.717, 1.165) is 57.8 Å². The predicted octanol–water partition coefficient (Wildman–Crippen LogP) is 2.05. The highest BCUT2D eigenvalue weighted by molar-refractivity contribution is 5.96. The van der Waals surface area contributed by atoms with Gasteiger partial charge in [-0.15, -0.1) is 0 Å². The highest BCUT2D eigenvalue weighted by Gasteiger charge is 2.39. The molecule has 13 nitrogen and oxygen atoms in total. The van der Waals surface area contributed by atoms with Crippen molar-refractivity contribution < 1.29 is 29.1 Å². The van der Waals surface area contributed by atoms with Crippen molar-refractivity contribution in [2.24, 2.45) is 23.5 Å². The van der Waals surface area contributed by atoms with Crippen LogP contribution in [0.2, 0.25) is 0 Å². The van der Waals surface area contributed by atoms with Crippen LogP contribution in [0.4, 0.5) is 0 Å². The summed E-state index contributed by atoms with van der Waals surface area (Å²) >= 11 is 0. The number of hydrogen-bond donors (Lipinski definition) is 6. The van der Waals surface area contributed by atoms with Crippen LogP contribution in [0, 0.1) is 17.8 Å². The highest BCUT2D eigenvalue weighted by Crippen LogP contribution is 2.27. The van der Waals surface area contributed by atoms with Crippen molar-refractivity contribution in [3.63, 3.8) is 0 Å². The maximum Gasteiger partial charge on any atom is 0.245 e. The first-order chi connectivity index (χ1) is 23.7. The zero-order valence-corrected chi connectivity index (χ0v) is 32.0. The smallest absolute Gasteiger partial charge is 0.245 e. The van der Waals surface area contributed by atoms with E-state index in [1.807, 2.05) is 0 Å². The third-order valence-corrected chi connectivity index (χ3v) is 10.2. The van der Waals surface area contributed by atoms with Gasteiger partial charge in [0, 0.05) is 26.7 Å². The van der Waals surface area contributed by atoms with E-state index in [4.69, 9.17) is 5.73 Å². The molecule has 0 unspecified atom stereocenters. The second-order valence-corrected chi connectivity index (χ2v) is 15.4. The van der Waals surface area contributed by atoms with Crippen LogP contribution in [-0.2, 0) is 24.0 Å². The van der Waals surface area contributed by atoms with Crippen LogP contribution in [0.15, 0.2) is 0 Å². The Morgan fingerprint density at radius 1 is 0.820 bits per heavy atom. The Bertz CT molecular complexity index is 1080. The number of rotatable bonds is 13. The monoisotopic (exact) mass is 708 g/mol. The van der Waals surface area contributed by atoms with E-state index in [2.05, 4.69) is 60.8 Å². The van der Waals surface area contributed by atoms with Crippen LogP contribution in [0.3, 0.4) is 0 Å². The quantitative estimate of drug-likeness (QED) is 0.157. The van der Waals surface area contributed by atoms with Gasteiger partial charge < -0.3 is 37.0 Å². The Morgan fingerprint density at radius 3 is 2.08 bits per heavy atom. The Balaban J connectivity index is 2.63. The molecule has 0 aromatic rings. The second-order valence-electron chi connectivity index (χ2n) is 15.4. The fourth-order valence-corrected chi connectivity index (χ4v) is 7.10. The molecule has 0 radical (unpaired) electrons. The Labute approximate surface area is 301 Å². The minimum Gasteiger partial charge on any atom is -0.391 e. The van der Waals surface area contributed by atoms with Crippen LogP contribution in [0.25, 0.3) is 0 Å². The lowest BCUT2D eigenvalue weighted by Crippen LogP contribution is -2.63. The fourth-order valence-electron chi connectivity index (χ4n) is 7.10.